The van der Waals surface area contributed by atoms with Crippen molar-refractivity contribution in [2.75, 3.05) is 18.9 Å². The third-order valence-electron chi connectivity index (χ3n) is 1.91. The van der Waals surface area contributed by atoms with E-state index in [-0.39, 0.29) is 5.91 Å². The van der Waals surface area contributed by atoms with Gasteiger partial charge in [0.25, 0.3) is 0 Å². The zero-order valence-electron chi connectivity index (χ0n) is 10.6. The Morgan fingerprint density at radius 1 is 1.53 bits per heavy atom. The van der Waals surface area contributed by atoms with E-state index in [0.29, 0.717) is 16.0 Å². The van der Waals surface area contributed by atoms with Crippen molar-refractivity contribution in [3.05, 3.63) is 12.7 Å². The normalized spacial score (nSPS) is 11.5. The van der Waals surface area contributed by atoms with Gasteiger partial charge in [0.15, 0.2) is 4.34 Å². The van der Waals surface area contributed by atoms with E-state index < -0.39 is 11.3 Å². The van der Waals surface area contributed by atoms with Gasteiger partial charge in [-0.2, -0.15) is 0 Å². The van der Waals surface area contributed by atoms with Gasteiger partial charge in [-0.3, -0.25) is 10.1 Å². The predicted molar refractivity (Wildman–Crippen MR) is 76.5 cm³/mol. The van der Waals surface area contributed by atoms with Gasteiger partial charge in [-0.1, -0.05) is 29.2 Å². The second-order valence-electron chi connectivity index (χ2n) is 3.37. The molecule has 0 unspecified atom stereocenters. The maximum absolute atomic E-state index is 11.6. The number of hydrogen-bond donors (Lipinski definition) is 3. The average Bonchev–Trinajstić information content (AvgIpc) is 2.83. The number of thioether (sulfide) groups is 1. The number of carbonyl (C=O) groups is 2. The van der Waals surface area contributed by atoms with E-state index in [1.165, 1.54) is 30.1 Å². The van der Waals surface area contributed by atoms with Crippen LogP contribution in [-0.2, 0) is 4.79 Å². The monoisotopic (exact) mass is 301 g/mol. The lowest BCUT2D eigenvalue weighted by Crippen LogP contribution is -2.41. The molecule has 0 spiro atoms. The summed E-state index contributed by atoms with van der Waals surface area (Å²) in [5, 5.41) is 15.6. The SMILES string of the molecule is C=CCNc1nnc(S[C@@H](C)C(=O)NC(=O)NC)s1. The van der Waals surface area contributed by atoms with Crippen molar-refractivity contribution in [3.63, 3.8) is 0 Å². The predicted octanol–water partition coefficient (Wildman–Crippen LogP) is 1.07. The van der Waals surface area contributed by atoms with E-state index in [2.05, 4.69) is 32.7 Å². The van der Waals surface area contributed by atoms with Crippen LogP contribution >= 0.6 is 23.1 Å². The van der Waals surface area contributed by atoms with E-state index in [1.807, 2.05) is 0 Å². The third-order valence-corrected chi connectivity index (χ3v) is 3.98. The molecule has 1 heterocycles. The number of urea groups is 1. The molecule has 9 heteroatoms. The molecule has 1 rings (SSSR count). The first kappa shape index (κ1) is 15.4. The Labute approximate surface area is 119 Å². The van der Waals surface area contributed by atoms with Crippen molar-refractivity contribution >= 4 is 40.2 Å². The van der Waals surface area contributed by atoms with E-state index >= 15 is 0 Å². The standard InChI is InChI=1S/C10H15N5O2S2/c1-4-5-12-9-14-15-10(19-9)18-6(2)7(16)13-8(17)11-3/h4,6H,1,5H2,2-3H3,(H,12,14)(H2,11,13,16,17)/t6-/m0/s1. The van der Waals surface area contributed by atoms with Crippen LogP contribution in [0.1, 0.15) is 6.92 Å². The number of nitrogens with zero attached hydrogens (tertiary/aromatic N) is 2. The molecule has 0 saturated heterocycles. The van der Waals surface area contributed by atoms with Gasteiger partial charge >= 0.3 is 6.03 Å². The lowest BCUT2D eigenvalue weighted by atomic mass is 10.4. The van der Waals surface area contributed by atoms with Crippen molar-refractivity contribution in [2.45, 2.75) is 16.5 Å². The van der Waals surface area contributed by atoms with Gasteiger partial charge in [-0.05, 0) is 6.92 Å². The van der Waals surface area contributed by atoms with E-state index in [1.54, 1.807) is 13.0 Å². The quantitative estimate of drug-likeness (QED) is 0.537. The van der Waals surface area contributed by atoms with E-state index in [9.17, 15) is 9.59 Å². The minimum atomic E-state index is -0.525. The first-order valence-electron chi connectivity index (χ1n) is 5.44. The molecule has 0 fully saturated rings. The molecule has 3 amide bonds. The van der Waals surface area contributed by atoms with Gasteiger partial charge in [-0.25, -0.2) is 4.79 Å². The summed E-state index contributed by atoms with van der Waals surface area (Å²) in [4.78, 5) is 22.6. The Bertz CT molecular complexity index is 463. The minimum Gasteiger partial charge on any atom is -0.357 e. The highest BCUT2D eigenvalue weighted by Gasteiger charge is 2.18. The summed E-state index contributed by atoms with van der Waals surface area (Å²) in [5.74, 6) is -0.375. The largest absolute Gasteiger partial charge is 0.357 e. The van der Waals surface area contributed by atoms with Gasteiger partial charge in [0, 0.05) is 13.6 Å². The van der Waals surface area contributed by atoms with Crippen LogP contribution in [0.2, 0.25) is 0 Å². The number of aromatic nitrogens is 2. The van der Waals surface area contributed by atoms with Crippen molar-refractivity contribution in [1.82, 2.24) is 20.8 Å². The van der Waals surface area contributed by atoms with Crippen LogP contribution < -0.4 is 16.0 Å². The van der Waals surface area contributed by atoms with Crippen molar-refractivity contribution in [1.29, 1.82) is 0 Å². The molecule has 0 saturated carbocycles. The smallest absolute Gasteiger partial charge is 0.321 e. The number of imide groups is 1. The molecule has 1 aromatic rings. The van der Waals surface area contributed by atoms with Crippen LogP contribution in [0.25, 0.3) is 0 Å². The van der Waals surface area contributed by atoms with Gasteiger partial charge in [-0.15, -0.1) is 16.8 Å². The molecule has 1 aromatic heterocycles. The van der Waals surface area contributed by atoms with Crippen LogP contribution in [0.4, 0.5) is 9.93 Å². The maximum atomic E-state index is 11.6. The summed E-state index contributed by atoms with van der Waals surface area (Å²) in [6, 6.07) is -0.525. The Balaban J connectivity index is 2.49. The van der Waals surface area contributed by atoms with Gasteiger partial charge < -0.3 is 10.6 Å². The topological polar surface area (TPSA) is 96.0 Å². The van der Waals surface area contributed by atoms with Crippen molar-refractivity contribution in [3.8, 4) is 0 Å². The molecule has 0 radical (unpaired) electrons. The summed E-state index contributed by atoms with van der Waals surface area (Å²) in [7, 11) is 1.45. The molecule has 0 aliphatic rings. The summed E-state index contributed by atoms with van der Waals surface area (Å²) >= 11 is 2.59. The lowest BCUT2D eigenvalue weighted by molar-refractivity contribution is -0.119. The highest BCUT2D eigenvalue weighted by molar-refractivity contribution is 8.02. The number of hydrogen-bond acceptors (Lipinski definition) is 7. The summed E-state index contributed by atoms with van der Waals surface area (Å²) in [6.45, 7) is 5.89. The van der Waals surface area contributed by atoms with Crippen LogP contribution in [0.3, 0.4) is 0 Å². The average molecular weight is 301 g/mol. The molecule has 19 heavy (non-hydrogen) atoms. The van der Waals surface area contributed by atoms with Crippen molar-refractivity contribution < 1.29 is 9.59 Å². The number of rotatable bonds is 6. The number of nitrogens with one attached hydrogen (secondary N) is 3. The third kappa shape index (κ3) is 5.26. The molecule has 0 aliphatic carbocycles. The van der Waals surface area contributed by atoms with Crippen LogP contribution in [-0.4, -0.2) is 41.0 Å². The fraction of sp³-hybridized carbons (Fsp3) is 0.400. The number of anilines is 1. The van der Waals surface area contributed by atoms with Gasteiger partial charge in [0.05, 0.1) is 5.25 Å². The zero-order valence-corrected chi connectivity index (χ0v) is 12.2. The lowest BCUT2D eigenvalue weighted by Gasteiger charge is -2.08. The second kappa shape index (κ2) is 7.74. The van der Waals surface area contributed by atoms with E-state index in [4.69, 9.17) is 0 Å². The Hall–Kier alpha value is -1.61. The highest BCUT2D eigenvalue weighted by atomic mass is 32.2. The summed E-state index contributed by atoms with van der Waals surface area (Å²) in [6.07, 6.45) is 1.72. The maximum Gasteiger partial charge on any atom is 0.321 e. The zero-order chi connectivity index (χ0) is 14.3. The van der Waals surface area contributed by atoms with Crippen LogP contribution in [0.15, 0.2) is 17.0 Å². The highest BCUT2D eigenvalue weighted by Crippen LogP contribution is 2.28. The molecule has 0 bridgehead atoms. The van der Waals surface area contributed by atoms with E-state index in [0.717, 1.165) is 0 Å². The van der Waals surface area contributed by atoms with Crippen LogP contribution in [0, 0.1) is 0 Å². The fourth-order valence-electron chi connectivity index (χ4n) is 0.969. The van der Waals surface area contributed by atoms with Gasteiger partial charge in [0.1, 0.15) is 0 Å². The summed E-state index contributed by atoms with van der Waals surface area (Å²) in [5.41, 5.74) is 0. The Morgan fingerprint density at radius 2 is 2.26 bits per heavy atom. The molecular formula is C10H15N5O2S2. The second-order valence-corrected chi connectivity index (χ2v) is 5.94. The molecular weight excluding hydrogens is 286 g/mol. The minimum absolute atomic E-state index is 0.375. The number of amides is 3. The van der Waals surface area contributed by atoms with Crippen molar-refractivity contribution in [2.24, 2.45) is 0 Å². The Morgan fingerprint density at radius 3 is 2.89 bits per heavy atom. The molecule has 104 valence electrons. The van der Waals surface area contributed by atoms with Gasteiger partial charge in [0.2, 0.25) is 11.0 Å². The first-order chi connectivity index (χ1) is 9.06. The molecule has 0 aliphatic heterocycles. The fourth-order valence-corrected chi connectivity index (χ4v) is 2.87. The van der Waals surface area contributed by atoms with Crippen LogP contribution in [0.5, 0.6) is 0 Å². The molecule has 0 aromatic carbocycles. The first-order valence-corrected chi connectivity index (χ1v) is 7.14. The summed E-state index contributed by atoms with van der Waals surface area (Å²) < 4.78 is 0.658. The molecule has 3 N–H and O–H groups in total. The Kier molecular flexibility index (Phi) is 6.30. The number of carbonyl (C=O) groups excluding carboxylic acids is 2. The molecule has 1 atom stereocenters. The molecule has 7 nitrogen and oxygen atoms in total.